The van der Waals surface area contributed by atoms with Crippen LogP contribution in [-0.4, -0.2) is 49.2 Å². The number of rotatable bonds is 8. The van der Waals surface area contributed by atoms with Crippen LogP contribution in [0.5, 0.6) is 0 Å². The van der Waals surface area contributed by atoms with E-state index in [2.05, 4.69) is 124 Å². The molecule has 0 aromatic heterocycles. The lowest BCUT2D eigenvalue weighted by molar-refractivity contribution is 0.801. The fourth-order valence-electron chi connectivity index (χ4n) is 4.47. The molecule has 4 rings (SSSR count). The van der Waals surface area contributed by atoms with E-state index in [4.69, 9.17) is 0 Å². The number of aryl methyl sites for hydroxylation is 8. The fraction of sp³-hybridized carbons (Fsp3) is 0.263. The summed E-state index contributed by atoms with van der Waals surface area (Å²) in [6, 6.07) is 25.0. The monoisotopic (exact) mass is 586 g/mol. The molecule has 0 N–H and O–H groups in total. The normalized spacial score (nSPS) is 11.5. The third kappa shape index (κ3) is 10.8. The molecule has 0 fully saturated rings. The first-order chi connectivity index (χ1) is 20.9. The summed E-state index contributed by atoms with van der Waals surface area (Å²) in [6.07, 6.45) is 7.13. The van der Waals surface area contributed by atoms with E-state index in [1.165, 1.54) is 44.5 Å². The highest BCUT2D eigenvalue weighted by molar-refractivity contribution is 5.79. The molecular formula is C38H46N6. The minimum absolute atomic E-state index is 0.984. The van der Waals surface area contributed by atoms with E-state index >= 15 is 0 Å². The quantitative estimate of drug-likeness (QED) is 0.152. The first-order valence-corrected chi connectivity index (χ1v) is 14.8. The maximum Gasteiger partial charge on any atom is 0.0961 e. The smallest absolute Gasteiger partial charge is 0.0961 e. The molecule has 0 radical (unpaired) electrons. The van der Waals surface area contributed by atoms with Gasteiger partial charge in [-0.25, -0.2) is 20.0 Å². The van der Waals surface area contributed by atoms with Crippen LogP contribution in [0.3, 0.4) is 0 Å². The summed E-state index contributed by atoms with van der Waals surface area (Å²) in [4.78, 5) is 21.7. The lowest BCUT2D eigenvalue weighted by Gasteiger charge is -2.07. The predicted octanol–water partition coefficient (Wildman–Crippen LogP) is 9.74. The Morgan fingerprint density at radius 3 is 0.750 bits per heavy atom. The van der Waals surface area contributed by atoms with Crippen LogP contribution in [0.2, 0.25) is 0 Å². The Morgan fingerprint density at radius 1 is 0.364 bits per heavy atom. The van der Waals surface area contributed by atoms with E-state index in [0.29, 0.717) is 0 Å². The molecule has 0 unspecified atom stereocenters. The van der Waals surface area contributed by atoms with Gasteiger partial charge in [-0.2, -0.15) is 0 Å². The van der Waals surface area contributed by atoms with Gasteiger partial charge in [0.15, 0.2) is 0 Å². The van der Waals surface area contributed by atoms with Crippen molar-refractivity contribution in [3.05, 3.63) is 117 Å². The molecule has 0 bridgehead atoms. The lowest BCUT2D eigenvalue weighted by atomic mass is 10.1. The molecule has 0 spiro atoms. The molecule has 6 nitrogen and oxygen atoms in total. The van der Waals surface area contributed by atoms with Crippen LogP contribution >= 0.6 is 0 Å². The van der Waals surface area contributed by atoms with Crippen LogP contribution in [0, 0.1) is 55.4 Å². The largest absolute Gasteiger partial charge is 0.326 e. The molecule has 0 saturated heterocycles. The van der Waals surface area contributed by atoms with Gasteiger partial charge < -0.3 is 9.80 Å². The molecule has 6 heteroatoms. The summed E-state index contributed by atoms with van der Waals surface area (Å²) < 4.78 is 0. The number of hydrogen-bond donors (Lipinski definition) is 0. The van der Waals surface area contributed by atoms with Gasteiger partial charge in [-0.15, -0.1) is 0 Å². The molecule has 0 heterocycles. The van der Waals surface area contributed by atoms with Gasteiger partial charge in [0.25, 0.3) is 0 Å². The Kier molecular flexibility index (Phi) is 12.3. The summed E-state index contributed by atoms with van der Waals surface area (Å²) in [7, 11) is 3.86. The van der Waals surface area contributed by atoms with Crippen molar-refractivity contribution in [3.63, 3.8) is 0 Å². The van der Waals surface area contributed by atoms with Crippen molar-refractivity contribution in [2.45, 2.75) is 55.4 Å². The summed E-state index contributed by atoms with van der Waals surface area (Å²) >= 11 is 0. The number of hydrogen-bond acceptors (Lipinski definition) is 4. The van der Waals surface area contributed by atoms with E-state index in [-0.39, 0.29) is 0 Å². The molecule has 4 aromatic carbocycles. The maximum absolute atomic E-state index is 4.51. The fourth-order valence-corrected chi connectivity index (χ4v) is 4.47. The van der Waals surface area contributed by atoms with Crippen LogP contribution in [0.25, 0.3) is 0 Å². The topological polar surface area (TPSA) is 55.9 Å². The molecular weight excluding hydrogens is 540 g/mol. The van der Waals surface area contributed by atoms with Crippen molar-refractivity contribution in [2.75, 3.05) is 14.1 Å². The first-order valence-electron chi connectivity index (χ1n) is 14.8. The highest BCUT2D eigenvalue weighted by Gasteiger charge is 1.99. The average molecular weight is 587 g/mol. The summed E-state index contributed by atoms with van der Waals surface area (Å²) in [5.41, 5.74) is 13.6. The second-order valence-electron chi connectivity index (χ2n) is 11.5. The Labute approximate surface area is 264 Å². The second kappa shape index (κ2) is 16.1. The number of nitrogens with zero attached hydrogens (tertiary/aromatic N) is 6. The van der Waals surface area contributed by atoms with Crippen LogP contribution in [0.1, 0.15) is 44.5 Å². The molecule has 0 atom stereocenters. The highest BCUT2D eigenvalue weighted by Crippen LogP contribution is 2.21. The van der Waals surface area contributed by atoms with Gasteiger partial charge in [-0.05, 0) is 102 Å². The number of benzene rings is 4. The Morgan fingerprint density at radius 2 is 0.568 bits per heavy atom. The van der Waals surface area contributed by atoms with Crippen LogP contribution < -0.4 is 0 Å². The van der Waals surface area contributed by atoms with Crippen molar-refractivity contribution < 1.29 is 0 Å². The van der Waals surface area contributed by atoms with Crippen LogP contribution in [-0.2, 0) is 0 Å². The first kappa shape index (κ1) is 33.7. The average Bonchev–Trinajstić information content (AvgIpc) is 2.95. The standard InChI is InChI=1S/2C19H23N3/c2*1-14-6-8-18(16(3)10-14)20-12-22(5)13-21-19-9-7-15(2)11-17(19)4/h2*6-13H,1-5H3. The Bertz CT molecular complexity index is 1430. The molecule has 0 aliphatic rings. The molecule has 0 aliphatic carbocycles. The van der Waals surface area contributed by atoms with Crippen molar-refractivity contribution in [3.8, 4) is 0 Å². The summed E-state index contributed by atoms with van der Waals surface area (Å²) in [5.74, 6) is 0. The van der Waals surface area contributed by atoms with Crippen molar-refractivity contribution in [1.29, 1.82) is 0 Å². The molecule has 4 aromatic rings. The zero-order valence-corrected chi connectivity index (χ0v) is 27.9. The summed E-state index contributed by atoms with van der Waals surface area (Å²) in [5, 5.41) is 0. The predicted molar refractivity (Wildman–Crippen MR) is 192 cm³/mol. The van der Waals surface area contributed by atoms with Gasteiger partial charge in [0.05, 0.1) is 48.1 Å². The maximum atomic E-state index is 4.51. The van der Waals surface area contributed by atoms with E-state index in [1.54, 1.807) is 25.4 Å². The van der Waals surface area contributed by atoms with Gasteiger partial charge in [0.2, 0.25) is 0 Å². The minimum atomic E-state index is 0.984. The Balaban J connectivity index is 0.000000240. The molecule has 0 aliphatic heterocycles. The third-order valence-corrected chi connectivity index (χ3v) is 6.93. The summed E-state index contributed by atoms with van der Waals surface area (Å²) in [6.45, 7) is 16.6. The highest BCUT2D eigenvalue weighted by atomic mass is 15.1. The van der Waals surface area contributed by atoms with E-state index < -0.39 is 0 Å². The van der Waals surface area contributed by atoms with E-state index in [1.807, 2.05) is 48.2 Å². The zero-order valence-electron chi connectivity index (χ0n) is 27.9. The van der Waals surface area contributed by atoms with Gasteiger partial charge in [-0.1, -0.05) is 70.8 Å². The minimum Gasteiger partial charge on any atom is -0.326 e. The van der Waals surface area contributed by atoms with Gasteiger partial charge >= 0.3 is 0 Å². The van der Waals surface area contributed by atoms with Crippen molar-refractivity contribution >= 4 is 48.1 Å². The molecule has 0 saturated carbocycles. The lowest BCUT2D eigenvalue weighted by Crippen LogP contribution is -2.12. The molecule has 0 amide bonds. The van der Waals surface area contributed by atoms with Gasteiger partial charge in [0.1, 0.15) is 0 Å². The van der Waals surface area contributed by atoms with Crippen LogP contribution in [0.4, 0.5) is 22.7 Å². The molecule has 228 valence electrons. The third-order valence-electron chi connectivity index (χ3n) is 6.93. The van der Waals surface area contributed by atoms with Gasteiger partial charge in [0, 0.05) is 14.1 Å². The second-order valence-corrected chi connectivity index (χ2v) is 11.5. The zero-order chi connectivity index (χ0) is 32.2. The van der Waals surface area contributed by atoms with E-state index in [9.17, 15) is 0 Å². The van der Waals surface area contributed by atoms with Crippen molar-refractivity contribution in [2.24, 2.45) is 20.0 Å². The van der Waals surface area contributed by atoms with Crippen molar-refractivity contribution in [1.82, 2.24) is 9.80 Å². The van der Waals surface area contributed by atoms with Gasteiger partial charge in [-0.3, -0.25) is 0 Å². The molecule has 44 heavy (non-hydrogen) atoms. The SMILES string of the molecule is Cc1ccc(N=CN(C)C=Nc2ccc(C)cc2C)c(C)c1.Cc1ccc(N=CN(C)C=Nc2ccc(C)cc2C)c(C)c1. The van der Waals surface area contributed by atoms with Crippen LogP contribution in [0.15, 0.2) is 92.8 Å². The Hall–Kier alpha value is -4.84. The number of aliphatic imine (C=N–C) groups is 4. The van der Waals surface area contributed by atoms with E-state index in [0.717, 1.165) is 22.7 Å².